The zero-order valence-electron chi connectivity index (χ0n) is 13.5. The summed E-state index contributed by atoms with van der Waals surface area (Å²) in [6.07, 6.45) is 1.71. The molecule has 4 nitrogen and oxygen atoms in total. The van der Waals surface area contributed by atoms with E-state index in [1.54, 1.807) is 0 Å². The van der Waals surface area contributed by atoms with Gasteiger partial charge in [-0.2, -0.15) is 0 Å². The highest BCUT2D eigenvalue weighted by molar-refractivity contribution is 5.76. The summed E-state index contributed by atoms with van der Waals surface area (Å²) in [5.41, 5.74) is 1.12. The Hall–Kier alpha value is -2.07. The molecule has 0 saturated heterocycles. The first-order chi connectivity index (χ1) is 11.2. The molecule has 23 heavy (non-hydrogen) atoms. The predicted octanol–water partition coefficient (Wildman–Crippen LogP) is 3.20. The van der Waals surface area contributed by atoms with E-state index in [1.807, 2.05) is 36.4 Å². The maximum atomic E-state index is 11.8. The molecule has 0 spiro atoms. The monoisotopic (exact) mass is 312 g/mol. The molecule has 1 fully saturated rings. The second-order valence-corrected chi connectivity index (χ2v) is 6.31. The molecule has 0 bridgehead atoms. The number of furan rings is 1. The lowest BCUT2D eigenvalue weighted by atomic mass is 10.2. The summed E-state index contributed by atoms with van der Waals surface area (Å²) in [5.74, 6) is 3.50. The van der Waals surface area contributed by atoms with Crippen LogP contribution < -0.4 is 10.6 Å². The number of hydrogen-bond donors (Lipinski definition) is 2. The lowest BCUT2D eigenvalue weighted by Crippen LogP contribution is -2.27. The Bertz CT molecular complexity index is 636. The van der Waals surface area contributed by atoms with Gasteiger partial charge in [0.1, 0.15) is 11.5 Å². The van der Waals surface area contributed by atoms with E-state index in [9.17, 15) is 4.79 Å². The van der Waals surface area contributed by atoms with Crippen LogP contribution in [-0.2, 0) is 17.9 Å². The van der Waals surface area contributed by atoms with Gasteiger partial charge in [-0.1, -0.05) is 37.3 Å². The van der Waals surface area contributed by atoms with Gasteiger partial charge < -0.3 is 15.1 Å². The summed E-state index contributed by atoms with van der Waals surface area (Å²) in [4.78, 5) is 11.8. The van der Waals surface area contributed by atoms with E-state index in [0.717, 1.165) is 23.0 Å². The number of hydrogen-bond acceptors (Lipinski definition) is 3. The fraction of sp³-hybridized carbons (Fsp3) is 0.421. The topological polar surface area (TPSA) is 54.3 Å². The highest BCUT2D eigenvalue weighted by Gasteiger charge is 2.36. The second-order valence-electron chi connectivity index (χ2n) is 6.31. The Morgan fingerprint density at radius 2 is 1.96 bits per heavy atom. The third-order valence-electron chi connectivity index (χ3n) is 4.32. The third kappa shape index (κ3) is 4.70. The molecule has 122 valence electrons. The normalized spacial score (nSPS) is 19.5. The van der Waals surface area contributed by atoms with Crippen molar-refractivity contribution >= 4 is 5.91 Å². The molecule has 1 aromatic carbocycles. The van der Waals surface area contributed by atoms with Gasteiger partial charge in [0.2, 0.25) is 5.91 Å². The fourth-order valence-corrected chi connectivity index (χ4v) is 2.71. The van der Waals surface area contributed by atoms with E-state index in [0.29, 0.717) is 32.0 Å². The van der Waals surface area contributed by atoms with E-state index >= 15 is 0 Å². The quantitative estimate of drug-likeness (QED) is 0.736. The standard InChI is InChI=1S/C19H24N2O2/c1-14-11-17(14)18-8-7-16(23-18)13-20-10-9-19(22)21-12-15-5-3-2-4-6-15/h2-8,14,17,20H,9-13H2,1H3,(H,21,22). The van der Waals surface area contributed by atoms with Crippen molar-refractivity contribution in [2.24, 2.45) is 5.92 Å². The van der Waals surface area contributed by atoms with Gasteiger partial charge in [0.25, 0.3) is 0 Å². The molecule has 0 radical (unpaired) electrons. The number of rotatable bonds is 8. The molecule has 2 unspecified atom stereocenters. The molecule has 1 aromatic heterocycles. The van der Waals surface area contributed by atoms with Crippen LogP contribution in [-0.4, -0.2) is 12.5 Å². The zero-order valence-corrected chi connectivity index (χ0v) is 13.5. The number of carbonyl (C=O) groups excluding carboxylic acids is 1. The molecule has 1 aliphatic carbocycles. The van der Waals surface area contributed by atoms with Gasteiger partial charge in [-0.25, -0.2) is 0 Å². The van der Waals surface area contributed by atoms with Crippen molar-refractivity contribution in [3.63, 3.8) is 0 Å². The molecule has 0 aliphatic heterocycles. The maximum absolute atomic E-state index is 11.8. The molecular formula is C19H24N2O2. The number of carbonyl (C=O) groups is 1. The number of amides is 1. The first-order valence-electron chi connectivity index (χ1n) is 8.32. The SMILES string of the molecule is CC1CC1c1ccc(CNCCC(=O)NCc2ccccc2)o1. The molecule has 1 saturated carbocycles. The van der Waals surface area contributed by atoms with E-state index in [2.05, 4.69) is 23.6 Å². The van der Waals surface area contributed by atoms with Gasteiger partial charge in [0.05, 0.1) is 6.54 Å². The Balaban J connectivity index is 1.30. The van der Waals surface area contributed by atoms with E-state index in [4.69, 9.17) is 4.42 Å². The fourth-order valence-electron chi connectivity index (χ4n) is 2.71. The van der Waals surface area contributed by atoms with Crippen molar-refractivity contribution in [2.45, 2.75) is 38.8 Å². The predicted molar refractivity (Wildman–Crippen MR) is 89.8 cm³/mol. The minimum atomic E-state index is 0.0632. The Kier molecular flexibility index (Phi) is 5.13. The highest BCUT2D eigenvalue weighted by atomic mass is 16.3. The van der Waals surface area contributed by atoms with Crippen molar-refractivity contribution in [3.05, 3.63) is 59.5 Å². The van der Waals surface area contributed by atoms with Gasteiger partial charge in [-0.3, -0.25) is 4.79 Å². The molecule has 4 heteroatoms. The van der Waals surface area contributed by atoms with Gasteiger partial charge in [-0.05, 0) is 30.0 Å². The Morgan fingerprint density at radius 3 is 2.70 bits per heavy atom. The largest absolute Gasteiger partial charge is 0.464 e. The van der Waals surface area contributed by atoms with Crippen molar-refractivity contribution in [1.29, 1.82) is 0 Å². The van der Waals surface area contributed by atoms with Crippen LogP contribution in [0.15, 0.2) is 46.9 Å². The maximum Gasteiger partial charge on any atom is 0.221 e. The molecule has 1 amide bonds. The lowest BCUT2D eigenvalue weighted by molar-refractivity contribution is -0.121. The van der Waals surface area contributed by atoms with Gasteiger partial charge in [0.15, 0.2) is 0 Å². The van der Waals surface area contributed by atoms with Crippen molar-refractivity contribution < 1.29 is 9.21 Å². The molecular weight excluding hydrogens is 288 g/mol. The summed E-state index contributed by atoms with van der Waals surface area (Å²) in [7, 11) is 0. The van der Waals surface area contributed by atoms with Crippen LogP contribution in [0.3, 0.4) is 0 Å². The minimum Gasteiger partial charge on any atom is -0.464 e. The van der Waals surface area contributed by atoms with Gasteiger partial charge in [-0.15, -0.1) is 0 Å². The smallest absolute Gasteiger partial charge is 0.221 e. The van der Waals surface area contributed by atoms with Gasteiger partial charge in [0, 0.05) is 25.4 Å². The molecule has 1 heterocycles. The molecule has 1 aliphatic rings. The van der Waals surface area contributed by atoms with Crippen LogP contribution in [0.25, 0.3) is 0 Å². The van der Waals surface area contributed by atoms with Crippen molar-refractivity contribution in [2.75, 3.05) is 6.54 Å². The average molecular weight is 312 g/mol. The van der Waals surface area contributed by atoms with Crippen LogP contribution in [0.1, 0.15) is 42.8 Å². The van der Waals surface area contributed by atoms with Crippen LogP contribution in [0.4, 0.5) is 0 Å². The molecule has 2 atom stereocenters. The first-order valence-corrected chi connectivity index (χ1v) is 8.32. The van der Waals surface area contributed by atoms with Crippen molar-refractivity contribution in [1.82, 2.24) is 10.6 Å². The summed E-state index contributed by atoms with van der Waals surface area (Å²) < 4.78 is 5.83. The lowest BCUT2D eigenvalue weighted by Gasteiger charge is -2.06. The summed E-state index contributed by atoms with van der Waals surface area (Å²) in [5, 5.41) is 6.19. The van der Waals surface area contributed by atoms with Crippen LogP contribution in [0.2, 0.25) is 0 Å². The molecule has 2 aromatic rings. The van der Waals surface area contributed by atoms with Crippen LogP contribution in [0.5, 0.6) is 0 Å². The van der Waals surface area contributed by atoms with E-state index in [1.165, 1.54) is 6.42 Å². The average Bonchev–Trinajstić information content (AvgIpc) is 3.11. The molecule has 2 N–H and O–H groups in total. The number of nitrogens with one attached hydrogen (secondary N) is 2. The number of benzene rings is 1. The van der Waals surface area contributed by atoms with Crippen LogP contribution >= 0.6 is 0 Å². The molecule has 3 rings (SSSR count). The third-order valence-corrected chi connectivity index (χ3v) is 4.32. The zero-order chi connectivity index (χ0) is 16.1. The summed E-state index contributed by atoms with van der Waals surface area (Å²) >= 11 is 0. The van der Waals surface area contributed by atoms with Gasteiger partial charge >= 0.3 is 0 Å². The first kappa shape index (κ1) is 15.8. The van der Waals surface area contributed by atoms with E-state index < -0.39 is 0 Å². The second kappa shape index (κ2) is 7.47. The summed E-state index contributed by atoms with van der Waals surface area (Å²) in [6, 6.07) is 14.0. The van der Waals surface area contributed by atoms with Crippen molar-refractivity contribution in [3.8, 4) is 0 Å². The highest BCUT2D eigenvalue weighted by Crippen LogP contribution is 2.47. The van der Waals surface area contributed by atoms with Crippen LogP contribution in [0, 0.1) is 5.92 Å². The minimum absolute atomic E-state index is 0.0632. The Labute approximate surface area is 137 Å². The van der Waals surface area contributed by atoms with E-state index in [-0.39, 0.29) is 5.91 Å². The Morgan fingerprint density at radius 1 is 1.17 bits per heavy atom. The summed E-state index contributed by atoms with van der Waals surface area (Å²) in [6.45, 7) is 4.16.